The first-order chi connectivity index (χ1) is 13.5. The first-order valence-electron chi connectivity index (χ1n) is 8.83. The van der Waals surface area contributed by atoms with Crippen LogP contribution in [-0.4, -0.2) is 20.0 Å². The summed E-state index contributed by atoms with van der Waals surface area (Å²) in [5.74, 6) is 0.949. The van der Waals surface area contributed by atoms with Gasteiger partial charge in [0.2, 0.25) is 0 Å². The number of nitrogens with zero attached hydrogens (tertiary/aromatic N) is 2. The maximum atomic E-state index is 12.6. The number of rotatable bonds is 5. The van der Waals surface area contributed by atoms with E-state index in [2.05, 4.69) is 11.4 Å². The molecule has 5 heteroatoms. The summed E-state index contributed by atoms with van der Waals surface area (Å²) in [6, 6.07) is 21.7. The van der Waals surface area contributed by atoms with Crippen LogP contribution in [-0.2, 0) is 0 Å². The van der Waals surface area contributed by atoms with Crippen LogP contribution in [0, 0.1) is 18.3 Å². The second kappa shape index (κ2) is 8.28. The Balaban J connectivity index is 1.73. The van der Waals surface area contributed by atoms with Crippen LogP contribution >= 0.6 is 0 Å². The molecule has 0 saturated carbocycles. The van der Waals surface area contributed by atoms with Gasteiger partial charge in [0.15, 0.2) is 0 Å². The van der Waals surface area contributed by atoms with Crippen LogP contribution in [0.15, 0.2) is 66.7 Å². The SMILES string of the molecule is Cc1cc(NC(=O)c2cccc(Oc3ccc(C#N)cc3)c2)ccc1N(C)C. The molecule has 0 atom stereocenters. The highest BCUT2D eigenvalue weighted by atomic mass is 16.5. The molecule has 0 fully saturated rings. The molecule has 0 aromatic heterocycles. The van der Waals surface area contributed by atoms with Crippen LogP contribution in [0.3, 0.4) is 0 Å². The van der Waals surface area contributed by atoms with Crippen molar-refractivity contribution in [2.24, 2.45) is 0 Å². The number of benzene rings is 3. The number of amides is 1. The zero-order valence-corrected chi connectivity index (χ0v) is 16.1. The molecule has 1 amide bonds. The number of nitriles is 1. The minimum atomic E-state index is -0.206. The van der Waals surface area contributed by atoms with Gasteiger partial charge in [-0.1, -0.05) is 6.07 Å². The van der Waals surface area contributed by atoms with E-state index in [0.29, 0.717) is 22.6 Å². The third-order valence-electron chi connectivity index (χ3n) is 4.25. The number of hydrogen-bond acceptors (Lipinski definition) is 4. The van der Waals surface area contributed by atoms with Crippen molar-refractivity contribution in [2.45, 2.75) is 6.92 Å². The van der Waals surface area contributed by atoms with Crippen molar-refractivity contribution >= 4 is 17.3 Å². The molecular formula is C23H21N3O2. The van der Waals surface area contributed by atoms with Crippen LogP contribution in [0.2, 0.25) is 0 Å². The molecule has 0 aliphatic heterocycles. The molecule has 0 unspecified atom stereocenters. The van der Waals surface area contributed by atoms with Gasteiger partial charge in [-0.05, 0) is 73.2 Å². The second-order valence-corrected chi connectivity index (χ2v) is 6.62. The molecule has 0 bridgehead atoms. The molecule has 0 radical (unpaired) electrons. The largest absolute Gasteiger partial charge is 0.457 e. The van der Waals surface area contributed by atoms with Crippen molar-refractivity contribution in [3.8, 4) is 17.6 Å². The number of carbonyl (C=O) groups is 1. The molecule has 3 aromatic rings. The molecular weight excluding hydrogens is 350 g/mol. The van der Waals surface area contributed by atoms with E-state index in [9.17, 15) is 4.79 Å². The lowest BCUT2D eigenvalue weighted by Crippen LogP contribution is -2.13. The van der Waals surface area contributed by atoms with Crippen LogP contribution in [0.1, 0.15) is 21.5 Å². The standard InChI is InChI=1S/C23H21N3O2/c1-16-13-19(9-12-22(16)26(2)3)25-23(27)18-5-4-6-21(14-18)28-20-10-7-17(15-24)8-11-20/h4-14H,1-3H3,(H,25,27). The maximum absolute atomic E-state index is 12.6. The van der Waals surface area contributed by atoms with E-state index >= 15 is 0 Å². The summed E-state index contributed by atoms with van der Waals surface area (Å²) in [6.45, 7) is 2.01. The number of nitrogens with one attached hydrogen (secondary N) is 1. The average Bonchev–Trinajstić information content (AvgIpc) is 2.68. The van der Waals surface area contributed by atoms with Gasteiger partial charge in [-0.3, -0.25) is 4.79 Å². The van der Waals surface area contributed by atoms with E-state index in [1.807, 2.05) is 44.1 Å². The monoisotopic (exact) mass is 371 g/mol. The van der Waals surface area contributed by atoms with Gasteiger partial charge >= 0.3 is 0 Å². The van der Waals surface area contributed by atoms with Gasteiger partial charge in [0, 0.05) is 31.0 Å². The minimum Gasteiger partial charge on any atom is -0.457 e. The molecule has 5 nitrogen and oxygen atoms in total. The Morgan fingerprint density at radius 3 is 2.39 bits per heavy atom. The van der Waals surface area contributed by atoms with Crippen molar-refractivity contribution in [1.29, 1.82) is 5.26 Å². The van der Waals surface area contributed by atoms with Gasteiger partial charge in [0.1, 0.15) is 11.5 Å². The van der Waals surface area contributed by atoms with Crippen LogP contribution < -0.4 is 15.0 Å². The summed E-state index contributed by atoms with van der Waals surface area (Å²) in [6.07, 6.45) is 0. The molecule has 1 N–H and O–H groups in total. The highest BCUT2D eigenvalue weighted by Crippen LogP contribution is 2.24. The predicted molar refractivity (Wildman–Crippen MR) is 111 cm³/mol. The molecule has 3 aromatic carbocycles. The Labute approximate surface area is 164 Å². The van der Waals surface area contributed by atoms with E-state index in [4.69, 9.17) is 10.00 Å². The van der Waals surface area contributed by atoms with Crippen molar-refractivity contribution < 1.29 is 9.53 Å². The summed E-state index contributed by atoms with van der Waals surface area (Å²) in [5.41, 5.74) is 4.00. The lowest BCUT2D eigenvalue weighted by Gasteiger charge is -2.16. The first-order valence-corrected chi connectivity index (χ1v) is 8.83. The number of hydrogen-bond donors (Lipinski definition) is 1. The Morgan fingerprint density at radius 1 is 1.00 bits per heavy atom. The minimum absolute atomic E-state index is 0.206. The fourth-order valence-electron chi connectivity index (χ4n) is 2.87. The van der Waals surface area contributed by atoms with Crippen LogP contribution in [0.5, 0.6) is 11.5 Å². The topological polar surface area (TPSA) is 65.4 Å². The fourth-order valence-corrected chi connectivity index (χ4v) is 2.87. The summed E-state index contributed by atoms with van der Waals surface area (Å²) in [4.78, 5) is 14.7. The van der Waals surface area contributed by atoms with E-state index in [1.165, 1.54) is 0 Å². The molecule has 0 aliphatic rings. The van der Waals surface area contributed by atoms with E-state index in [1.54, 1.807) is 48.5 Å². The van der Waals surface area contributed by atoms with E-state index in [-0.39, 0.29) is 5.91 Å². The zero-order chi connectivity index (χ0) is 20.1. The Bertz CT molecular complexity index is 1030. The number of ether oxygens (including phenoxy) is 1. The lowest BCUT2D eigenvalue weighted by atomic mass is 10.1. The molecule has 3 rings (SSSR count). The molecule has 28 heavy (non-hydrogen) atoms. The highest BCUT2D eigenvalue weighted by molar-refractivity contribution is 6.04. The van der Waals surface area contributed by atoms with Gasteiger partial charge in [0.05, 0.1) is 11.6 Å². The van der Waals surface area contributed by atoms with E-state index < -0.39 is 0 Å². The van der Waals surface area contributed by atoms with Crippen molar-refractivity contribution in [2.75, 3.05) is 24.3 Å². The smallest absolute Gasteiger partial charge is 0.255 e. The molecule has 0 aliphatic carbocycles. The third kappa shape index (κ3) is 4.49. The number of anilines is 2. The Kier molecular flexibility index (Phi) is 5.61. The summed E-state index contributed by atoms with van der Waals surface area (Å²) < 4.78 is 5.79. The van der Waals surface area contributed by atoms with Crippen molar-refractivity contribution in [3.63, 3.8) is 0 Å². The normalized spacial score (nSPS) is 10.1. The van der Waals surface area contributed by atoms with Crippen molar-refractivity contribution in [3.05, 3.63) is 83.4 Å². The highest BCUT2D eigenvalue weighted by Gasteiger charge is 2.09. The van der Waals surface area contributed by atoms with Gasteiger partial charge in [-0.15, -0.1) is 0 Å². The summed E-state index contributed by atoms with van der Waals surface area (Å²) in [7, 11) is 3.97. The zero-order valence-electron chi connectivity index (χ0n) is 16.1. The van der Waals surface area contributed by atoms with Gasteiger partial charge < -0.3 is 15.0 Å². The quantitative estimate of drug-likeness (QED) is 0.687. The fraction of sp³-hybridized carbons (Fsp3) is 0.130. The number of carbonyl (C=O) groups excluding carboxylic acids is 1. The summed E-state index contributed by atoms with van der Waals surface area (Å²) >= 11 is 0. The van der Waals surface area contributed by atoms with Crippen LogP contribution in [0.4, 0.5) is 11.4 Å². The third-order valence-corrected chi connectivity index (χ3v) is 4.25. The maximum Gasteiger partial charge on any atom is 0.255 e. The van der Waals surface area contributed by atoms with Gasteiger partial charge in [-0.2, -0.15) is 5.26 Å². The lowest BCUT2D eigenvalue weighted by molar-refractivity contribution is 0.102. The first kappa shape index (κ1) is 19.0. The molecule has 0 heterocycles. The summed E-state index contributed by atoms with van der Waals surface area (Å²) in [5, 5.41) is 11.8. The Morgan fingerprint density at radius 2 is 1.75 bits per heavy atom. The molecule has 0 saturated heterocycles. The second-order valence-electron chi connectivity index (χ2n) is 6.62. The van der Waals surface area contributed by atoms with Crippen molar-refractivity contribution in [1.82, 2.24) is 0 Å². The van der Waals surface area contributed by atoms with E-state index in [0.717, 1.165) is 16.9 Å². The van der Waals surface area contributed by atoms with Crippen LogP contribution in [0.25, 0.3) is 0 Å². The average molecular weight is 371 g/mol. The molecule has 0 spiro atoms. The molecule has 140 valence electrons. The Hall–Kier alpha value is -3.78. The number of aryl methyl sites for hydroxylation is 1. The predicted octanol–water partition coefficient (Wildman–Crippen LogP) is 4.98. The van der Waals surface area contributed by atoms with Gasteiger partial charge in [0.25, 0.3) is 5.91 Å². The van der Waals surface area contributed by atoms with Gasteiger partial charge in [-0.25, -0.2) is 0 Å².